The van der Waals surface area contributed by atoms with E-state index >= 15 is 0 Å². The molecule has 2 aromatic rings. The van der Waals surface area contributed by atoms with Gasteiger partial charge < -0.3 is 15.1 Å². The van der Waals surface area contributed by atoms with Crippen LogP contribution in [0.5, 0.6) is 0 Å². The minimum Gasteiger partial charge on any atom is -0.352 e. The molecule has 1 saturated heterocycles. The van der Waals surface area contributed by atoms with Crippen LogP contribution in [-0.4, -0.2) is 42.1 Å². The molecule has 1 N–H and O–H groups in total. The molecule has 0 saturated carbocycles. The number of amides is 2. The monoisotopic (exact) mass is 421 g/mol. The maximum Gasteiger partial charge on any atom is 0.317 e. The van der Waals surface area contributed by atoms with E-state index in [0.29, 0.717) is 48.1 Å². The molecule has 146 valence electrons. The summed E-state index contributed by atoms with van der Waals surface area (Å²) in [6.07, 6.45) is 1.64. The molecule has 9 heteroatoms. The largest absolute Gasteiger partial charge is 0.352 e. The normalized spacial score (nSPS) is 15.1. The molecule has 0 bridgehead atoms. The second-order valence-corrected chi connectivity index (χ2v) is 7.23. The summed E-state index contributed by atoms with van der Waals surface area (Å²) in [6, 6.07) is 7.39. The zero-order valence-corrected chi connectivity index (χ0v) is 16.6. The Hall–Kier alpha value is -2.56. The van der Waals surface area contributed by atoms with Crippen molar-refractivity contribution in [2.45, 2.75) is 13.0 Å². The average molecular weight is 422 g/mol. The molecule has 1 atom stereocenters. The van der Waals surface area contributed by atoms with Crippen molar-refractivity contribution in [1.29, 1.82) is 5.26 Å². The van der Waals surface area contributed by atoms with Crippen LogP contribution in [-0.2, 0) is 0 Å². The number of anilines is 1. The third-order valence-electron chi connectivity index (χ3n) is 4.62. The van der Waals surface area contributed by atoms with E-state index in [2.05, 4.69) is 16.4 Å². The predicted octanol–water partition coefficient (Wildman–Crippen LogP) is 3.99. The molecule has 6 nitrogen and oxygen atoms in total. The summed E-state index contributed by atoms with van der Waals surface area (Å²) in [4.78, 5) is 20.5. The SMILES string of the molecule is CC(NC(=O)N1CCN(c2ncccc2C#N)CC1)c1cc(F)c(Cl)cc1Cl. The average Bonchev–Trinajstić information content (AvgIpc) is 2.70. The zero-order chi connectivity index (χ0) is 20.3. The Morgan fingerprint density at radius 2 is 2.00 bits per heavy atom. The van der Waals surface area contributed by atoms with Gasteiger partial charge in [0, 0.05) is 37.4 Å². The van der Waals surface area contributed by atoms with Crippen LogP contribution < -0.4 is 10.2 Å². The van der Waals surface area contributed by atoms with E-state index < -0.39 is 11.9 Å². The van der Waals surface area contributed by atoms with Gasteiger partial charge >= 0.3 is 6.03 Å². The summed E-state index contributed by atoms with van der Waals surface area (Å²) in [6.45, 7) is 3.80. The number of hydrogen-bond acceptors (Lipinski definition) is 4. The van der Waals surface area contributed by atoms with E-state index in [-0.39, 0.29) is 11.1 Å². The predicted molar refractivity (Wildman–Crippen MR) is 106 cm³/mol. The van der Waals surface area contributed by atoms with Crippen molar-refractivity contribution in [2.24, 2.45) is 0 Å². The molecule has 28 heavy (non-hydrogen) atoms. The second-order valence-electron chi connectivity index (χ2n) is 6.42. The van der Waals surface area contributed by atoms with E-state index in [4.69, 9.17) is 23.2 Å². The van der Waals surface area contributed by atoms with E-state index in [1.54, 1.807) is 30.2 Å². The van der Waals surface area contributed by atoms with Gasteiger partial charge in [-0.05, 0) is 36.8 Å². The molecule has 2 heterocycles. The molecule has 1 aromatic carbocycles. The quantitative estimate of drug-likeness (QED) is 0.760. The summed E-state index contributed by atoms with van der Waals surface area (Å²) in [5.74, 6) is 0.0429. The minimum absolute atomic E-state index is 0.0605. The maximum atomic E-state index is 13.7. The highest BCUT2D eigenvalue weighted by Gasteiger charge is 2.25. The molecule has 1 unspecified atom stereocenters. The second kappa shape index (κ2) is 8.63. The number of pyridine rings is 1. The van der Waals surface area contributed by atoms with Crippen LogP contribution in [0.15, 0.2) is 30.5 Å². The van der Waals surface area contributed by atoms with Crippen molar-refractivity contribution in [2.75, 3.05) is 31.1 Å². The van der Waals surface area contributed by atoms with Crippen molar-refractivity contribution < 1.29 is 9.18 Å². The first kappa shape index (κ1) is 20.2. The maximum absolute atomic E-state index is 13.7. The third-order valence-corrected chi connectivity index (χ3v) is 5.24. The summed E-state index contributed by atoms with van der Waals surface area (Å²) in [5.41, 5.74) is 0.969. The summed E-state index contributed by atoms with van der Waals surface area (Å²) in [7, 11) is 0. The highest BCUT2D eigenvalue weighted by atomic mass is 35.5. The number of nitrogens with zero attached hydrogens (tertiary/aromatic N) is 4. The topological polar surface area (TPSA) is 72.3 Å². The molecule has 3 rings (SSSR count). The number of halogens is 3. The van der Waals surface area contributed by atoms with Gasteiger partial charge in [0.15, 0.2) is 0 Å². The Balaban J connectivity index is 1.61. The van der Waals surface area contributed by atoms with Gasteiger partial charge in [0.2, 0.25) is 0 Å². The van der Waals surface area contributed by atoms with Gasteiger partial charge in [-0.15, -0.1) is 0 Å². The smallest absolute Gasteiger partial charge is 0.317 e. The van der Waals surface area contributed by atoms with Crippen LogP contribution in [0.2, 0.25) is 10.0 Å². The Labute approximate surface area is 172 Å². The Morgan fingerprint density at radius 1 is 1.29 bits per heavy atom. The Bertz CT molecular complexity index is 925. The number of hydrogen-bond donors (Lipinski definition) is 1. The molecular weight excluding hydrogens is 404 g/mol. The number of benzene rings is 1. The number of carbonyl (C=O) groups is 1. The van der Waals surface area contributed by atoms with Crippen molar-refractivity contribution in [1.82, 2.24) is 15.2 Å². The highest BCUT2D eigenvalue weighted by Crippen LogP contribution is 2.28. The van der Waals surface area contributed by atoms with Gasteiger partial charge in [-0.2, -0.15) is 5.26 Å². The number of piperazine rings is 1. The van der Waals surface area contributed by atoms with Crippen LogP contribution in [0.25, 0.3) is 0 Å². The van der Waals surface area contributed by atoms with Gasteiger partial charge in [0.05, 0.1) is 16.6 Å². The highest BCUT2D eigenvalue weighted by molar-refractivity contribution is 6.35. The minimum atomic E-state index is -0.584. The number of nitriles is 1. The lowest BCUT2D eigenvalue weighted by atomic mass is 10.1. The van der Waals surface area contributed by atoms with E-state index in [1.807, 2.05) is 4.90 Å². The van der Waals surface area contributed by atoms with Crippen molar-refractivity contribution >= 4 is 35.1 Å². The van der Waals surface area contributed by atoms with Gasteiger partial charge in [0.1, 0.15) is 17.7 Å². The van der Waals surface area contributed by atoms with Crippen LogP contribution in [0.4, 0.5) is 15.0 Å². The molecule has 2 amide bonds. The summed E-state index contributed by atoms with van der Waals surface area (Å²) < 4.78 is 13.7. The van der Waals surface area contributed by atoms with Gasteiger partial charge in [-0.25, -0.2) is 14.2 Å². The van der Waals surface area contributed by atoms with E-state index in [9.17, 15) is 14.4 Å². The number of nitrogens with one attached hydrogen (secondary N) is 1. The van der Waals surface area contributed by atoms with Gasteiger partial charge in [-0.1, -0.05) is 23.2 Å². The summed E-state index contributed by atoms with van der Waals surface area (Å²) >= 11 is 11.8. The fourth-order valence-corrected chi connectivity index (χ4v) is 3.63. The van der Waals surface area contributed by atoms with Gasteiger partial charge in [-0.3, -0.25) is 0 Å². The third kappa shape index (κ3) is 4.29. The Morgan fingerprint density at radius 3 is 2.68 bits per heavy atom. The van der Waals surface area contributed by atoms with Crippen LogP contribution >= 0.6 is 23.2 Å². The summed E-state index contributed by atoms with van der Waals surface area (Å²) in [5, 5.41) is 12.3. The first-order valence-electron chi connectivity index (χ1n) is 8.70. The fourth-order valence-electron chi connectivity index (χ4n) is 3.08. The van der Waals surface area contributed by atoms with Crippen LogP contribution in [0, 0.1) is 17.1 Å². The molecular formula is C19H18Cl2FN5O. The number of carbonyl (C=O) groups excluding carboxylic acids is 1. The first-order valence-corrected chi connectivity index (χ1v) is 9.46. The molecule has 1 fully saturated rings. The van der Waals surface area contributed by atoms with Crippen LogP contribution in [0.3, 0.4) is 0 Å². The number of aromatic nitrogens is 1. The molecule has 0 radical (unpaired) electrons. The number of urea groups is 1. The van der Waals surface area contributed by atoms with Gasteiger partial charge in [0.25, 0.3) is 0 Å². The fraction of sp³-hybridized carbons (Fsp3) is 0.316. The lowest BCUT2D eigenvalue weighted by Gasteiger charge is -2.36. The molecule has 1 aliphatic heterocycles. The molecule has 1 aliphatic rings. The molecule has 1 aromatic heterocycles. The molecule has 0 aliphatic carbocycles. The van der Waals surface area contributed by atoms with Crippen molar-refractivity contribution in [3.63, 3.8) is 0 Å². The zero-order valence-electron chi connectivity index (χ0n) is 15.1. The first-order chi connectivity index (χ1) is 13.4. The standard InChI is InChI=1S/C19H18Cl2FN5O/c1-12(14-9-17(22)16(21)10-15(14)20)25-19(28)27-7-5-26(6-8-27)18-13(11-23)3-2-4-24-18/h2-4,9-10,12H,5-8H2,1H3,(H,25,28). The number of rotatable bonds is 3. The Kier molecular flexibility index (Phi) is 6.22. The van der Waals surface area contributed by atoms with Crippen molar-refractivity contribution in [3.05, 3.63) is 57.5 Å². The van der Waals surface area contributed by atoms with Crippen molar-refractivity contribution in [3.8, 4) is 6.07 Å². The lowest BCUT2D eigenvalue weighted by Crippen LogP contribution is -2.52. The van der Waals surface area contributed by atoms with E-state index in [0.717, 1.165) is 0 Å². The molecule has 0 spiro atoms. The lowest BCUT2D eigenvalue weighted by molar-refractivity contribution is 0.191. The van der Waals surface area contributed by atoms with E-state index in [1.165, 1.54) is 12.1 Å². The van der Waals surface area contributed by atoms with Crippen LogP contribution in [0.1, 0.15) is 24.1 Å².